The molecule has 4 atom stereocenters. The van der Waals surface area contributed by atoms with Gasteiger partial charge < -0.3 is 25.2 Å². The average Bonchev–Trinajstić information content (AvgIpc) is 3.60. The number of alkyl halides is 3. The van der Waals surface area contributed by atoms with Crippen molar-refractivity contribution in [1.29, 1.82) is 0 Å². The van der Waals surface area contributed by atoms with Gasteiger partial charge in [0.05, 0.1) is 35.5 Å². The van der Waals surface area contributed by atoms with Gasteiger partial charge in [0, 0.05) is 11.7 Å². The number of hydrogen-bond acceptors (Lipinski definition) is 7. The van der Waals surface area contributed by atoms with Crippen LogP contribution in [0.3, 0.4) is 0 Å². The van der Waals surface area contributed by atoms with Crippen molar-refractivity contribution in [2.75, 3.05) is 12.4 Å². The zero-order valence-electron chi connectivity index (χ0n) is 24.7. The summed E-state index contributed by atoms with van der Waals surface area (Å²) in [5.41, 5.74) is -4.66. The van der Waals surface area contributed by atoms with Crippen LogP contribution in [0.15, 0.2) is 41.3 Å². The minimum absolute atomic E-state index is 0.00299. The second-order valence-electron chi connectivity index (χ2n) is 12.1. The van der Waals surface area contributed by atoms with Crippen LogP contribution in [0.5, 0.6) is 11.5 Å². The number of sulfone groups is 1. The van der Waals surface area contributed by atoms with Crippen LogP contribution in [0, 0.1) is 30.6 Å². The summed E-state index contributed by atoms with van der Waals surface area (Å²) in [6.07, 6.45) is 4.15. The minimum atomic E-state index is -5.60. The van der Waals surface area contributed by atoms with E-state index in [2.05, 4.69) is 10.6 Å². The van der Waals surface area contributed by atoms with Gasteiger partial charge in [-0.1, -0.05) is 6.07 Å². The van der Waals surface area contributed by atoms with E-state index in [1.165, 1.54) is 13.2 Å². The Kier molecular flexibility index (Phi) is 9.07. The third kappa shape index (κ3) is 6.61. The number of carboxylic acid groups (broad SMARTS) is 1. The number of carboxylic acids is 1. The zero-order valence-corrected chi connectivity index (χ0v) is 25.5. The first kappa shape index (κ1) is 32.6. The molecular formula is C31H35F3N2O8S. The molecular weight excluding hydrogens is 617 g/mol. The maximum atomic E-state index is 13.7. The number of aliphatic carboxylic acids is 1. The molecule has 0 heterocycles. The maximum Gasteiger partial charge on any atom is 0.501 e. The summed E-state index contributed by atoms with van der Waals surface area (Å²) in [6, 6.07) is 6.71. The van der Waals surface area contributed by atoms with Crippen molar-refractivity contribution in [3.05, 3.63) is 47.5 Å². The molecule has 0 saturated heterocycles. The number of hydrogen-bond donors (Lipinski definition) is 3. The Morgan fingerprint density at radius 3 is 2.29 bits per heavy atom. The van der Waals surface area contributed by atoms with Crippen molar-refractivity contribution in [3.63, 3.8) is 0 Å². The van der Waals surface area contributed by atoms with E-state index < -0.39 is 55.9 Å². The van der Waals surface area contributed by atoms with Gasteiger partial charge in [0.15, 0.2) is 0 Å². The third-order valence-corrected chi connectivity index (χ3v) is 10.8. The Hall–Kier alpha value is -3.81. The molecule has 2 aromatic rings. The van der Waals surface area contributed by atoms with Crippen LogP contribution in [-0.2, 0) is 19.4 Å². The highest BCUT2D eigenvalue weighted by Crippen LogP contribution is 2.49. The largest absolute Gasteiger partial charge is 0.501 e. The molecule has 10 nitrogen and oxygen atoms in total. The summed E-state index contributed by atoms with van der Waals surface area (Å²) in [7, 11) is -4.17. The van der Waals surface area contributed by atoms with Gasteiger partial charge in [-0.05, 0) is 99.6 Å². The van der Waals surface area contributed by atoms with Gasteiger partial charge in [0.2, 0.25) is 5.91 Å². The van der Waals surface area contributed by atoms with Crippen LogP contribution in [-0.4, -0.2) is 56.1 Å². The fourth-order valence-corrected chi connectivity index (χ4v) is 7.75. The fourth-order valence-electron chi connectivity index (χ4n) is 6.95. The maximum absolute atomic E-state index is 13.7. The lowest BCUT2D eigenvalue weighted by Crippen LogP contribution is -2.48. The van der Waals surface area contributed by atoms with Gasteiger partial charge in [-0.25, -0.2) is 8.42 Å². The Labute approximate surface area is 258 Å². The molecule has 3 saturated carbocycles. The lowest BCUT2D eigenvalue weighted by Gasteiger charge is -2.31. The smallest absolute Gasteiger partial charge is 0.496 e. The molecule has 0 spiro atoms. The summed E-state index contributed by atoms with van der Waals surface area (Å²) in [6.45, 7) is 1.81. The van der Waals surface area contributed by atoms with Crippen LogP contribution in [0.2, 0.25) is 0 Å². The van der Waals surface area contributed by atoms with Crippen molar-refractivity contribution >= 4 is 33.3 Å². The normalized spacial score (nSPS) is 26.2. The molecule has 3 aliphatic carbocycles. The molecule has 0 unspecified atom stereocenters. The Morgan fingerprint density at radius 1 is 0.956 bits per heavy atom. The van der Waals surface area contributed by atoms with Crippen molar-refractivity contribution in [1.82, 2.24) is 5.32 Å². The van der Waals surface area contributed by atoms with Crippen LogP contribution >= 0.6 is 0 Å². The van der Waals surface area contributed by atoms with E-state index in [0.717, 1.165) is 36.6 Å². The lowest BCUT2D eigenvalue weighted by atomic mass is 9.83. The highest BCUT2D eigenvalue weighted by atomic mass is 32.2. The molecule has 14 heteroatoms. The molecule has 2 aromatic carbocycles. The van der Waals surface area contributed by atoms with E-state index in [1.54, 1.807) is 12.1 Å². The average molecular weight is 653 g/mol. The molecule has 2 amide bonds. The van der Waals surface area contributed by atoms with Gasteiger partial charge in [-0.3, -0.25) is 14.4 Å². The number of methoxy groups -OCH3 is 1. The molecule has 0 aliphatic heterocycles. The zero-order chi connectivity index (χ0) is 32.7. The topological polar surface area (TPSA) is 148 Å². The van der Waals surface area contributed by atoms with Gasteiger partial charge in [0.25, 0.3) is 15.7 Å². The Balaban J connectivity index is 1.32. The Morgan fingerprint density at radius 2 is 1.64 bits per heavy atom. The summed E-state index contributed by atoms with van der Waals surface area (Å²) in [4.78, 5) is 37.5. The summed E-state index contributed by atoms with van der Waals surface area (Å²) < 4.78 is 74.7. The van der Waals surface area contributed by atoms with Crippen LogP contribution in [0.4, 0.5) is 18.9 Å². The number of benzene rings is 2. The van der Waals surface area contributed by atoms with Crippen molar-refractivity contribution in [2.45, 2.75) is 74.4 Å². The van der Waals surface area contributed by atoms with Gasteiger partial charge in [-0.15, -0.1) is 0 Å². The van der Waals surface area contributed by atoms with Crippen molar-refractivity contribution < 1.29 is 50.6 Å². The quantitative estimate of drug-likeness (QED) is 0.339. The van der Waals surface area contributed by atoms with E-state index in [4.69, 9.17) is 9.47 Å². The third-order valence-electron chi connectivity index (χ3n) is 9.29. The molecule has 3 fully saturated rings. The first-order valence-corrected chi connectivity index (χ1v) is 16.3. The Bertz CT molecular complexity index is 1590. The second-order valence-corrected chi connectivity index (χ2v) is 14.0. The molecule has 0 radical (unpaired) electrons. The number of carbonyl (C=O) groups excluding carboxylic acids is 2. The number of aryl methyl sites for hydroxylation is 1. The number of rotatable bonds is 9. The first-order valence-electron chi connectivity index (χ1n) is 14.8. The first-order chi connectivity index (χ1) is 21.2. The second kappa shape index (κ2) is 12.5. The highest BCUT2D eigenvalue weighted by molar-refractivity contribution is 7.92. The van der Waals surface area contributed by atoms with E-state index >= 15 is 0 Å². The van der Waals surface area contributed by atoms with Crippen molar-refractivity contribution in [3.8, 4) is 11.5 Å². The fraction of sp³-hybridized carbons (Fsp3) is 0.516. The number of halogens is 3. The molecule has 5 rings (SSSR count). The molecule has 244 valence electrons. The van der Waals surface area contributed by atoms with Crippen molar-refractivity contribution in [2.24, 2.45) is 23.7 Å². The molecule has 45 heavy (non-hydrogen) atoms. The number of anilines is 1. The predicted molar refractivity (Wildman–Crippen MR) is 156 cm³/mol. The minimum Gasteiger partial charge on any atom is -0.496 e. The summed E-state index contributed by atoms with van der Waals surface area (Å²) >= 11 is 0. The van der Waals surface area contributed by atoms with Gasteiger partial charge in [0.1, 0.15) is 11.5 Å². The number of carbonyl (C=O) groups is 3. The van der Waals surface area contributed by atoms with E-state index in [-0.39, 0.29) is 29.2 Å². The number of fused-ring (bicyclic) bond motifs is 2. The highest BCUT2D eigenvalue weighted by Gasteiger charge is 2.52. The molecule has 3 N–H and O–H groups in total. The van der Waals surface area contributed by atoms with E-state index in [1.807, 2.05) is 6.92 Å². The van der Waals surface area contributed by atoms with E-state index in [0.29, 0.717) is 43.6 Å². The summed E-state index contributed by atoms with van der Waals surface area (Å²) in [5, 5.41) is 14.8. The van der Waals surface area contributed by atoms with Gasteiger partial charge >= 0.3 is 11.5 Å². The molecule has 3 aliphatic rings. The molecule has 0 aromatic heterocycles. The monoisotopic (exact) mass is 652 g/mol. The van der Waals surface area contributed by atoms with Crippen LogP contribution in [0.1, 0.15) is 60.9 Å². The number of ether oxygens (including phenoxy) is 2. The number of nitrogens with one attached hydrogen (secondary N) is 2. The molecule has 2 bridgehead atoms. The standard InChI is InChI=1S/C31H35F3N2O8S/c1-16-12-25(43-2)23(15-24(16)44-21-10-8-17(9-11-21)30(39)40)28(37)36-27-19-7-6-18(13-19)26(27)29(38)35-20-4-3-5-22(14-20)45(41,42)31(32,33)34/h3-5,12,14-15,17-19,21,26-27H,6-11,13H2,1-2H3,(H,35,38)(H,36,37)(H,39,40)/t17-,18-,19+,21+,26+,27-/m1/s1. The van der Waals surface area contributed by atoms with E-state index in [9.17, 15) is 41.1 Å². The summed E-state index contributed by atoms with van der Waals surface area (Å²) in [5.74, 6) is -2.20. The number of amides is 2. The van der Waals surface area contributed by atoms with Crippen LogP contribution < -0.4 is 20.1 Å². The van der Waals surface area contributed by atoms with Gasteiger partial charge in [-0.2, -0.15) is 13.2 Å². The predicted octanol–water partition coefficient (Wildman–Crippen LogP) is 5.10. The SMILES string of the molecule is COc1cc(C)c(O[C@H]2CC[C@@H](C(=O)O)CC2)cc1C(=O)N[C@@H]1[C@H]2CC[C@H](C2)[C@@H]1C(=O)Nc1cccc(S(=O)(=O)C(F)(F)F)c1. The van der Waals surface area contributed by atoms with Crippen LogP contribution in [0.25, 0.3) is 0 Å². The lowest BCUT2D eigenvalue weighted by molar-refractivity contribution is -0.143.